The summed E-state index contributed by atoms with van der Waals surface area (Å²) < 4.78 is 6.66. The van der Waals surface area contributed by atoms with E-state index < -0.39 is 16.1 Å². The third-order valence-electron chi connectivity index (χ3n) is 21.5. The molecule has 0 unspecified atom stereocenters. The molecule has 3 heterocycles. The summed E-state index contributed by atoms with van der Waals surface area (Å²) in [4.78, 5) is 7.69. The number of anilines is 9. The lowest BCUT2D eigenvalue weighted by atomic mass is 9.33. The van der Waals surface area contributed by atoms with Crippen molar-refractivity contribution in [3.63, 3.8) is 0 Å². The third kappa shape index (κ3) is 10.1. The largest absolute Gasteiger partial charge is 0.453 e. The van der Waals surface area contributed by atoms with E-state index in [1.54, 1.807) is 0 Å². The Morgan fingerprint density at radius 2 is 0.524 bits per heavy atom. The van der Waals surface area contributed by atoms with Crippen molar-refractivity contribution < 1.29 is 4.74 Å². The van der Waals surface area contributed by atoms with Crippen LogP contribution in [-0.4, -0.2) is 22.9 Å². The molecule has 0 aromatic heterocycles. The van der Waals surface area contributed by atoms with Crippen molar-refractivity contribution in [1.29, 1.82) is 0 Å². The maximum absolute atomic E-state index is 6.66. The van der Waals surface area contributed by atoms with Crippen LogP contribution in [0.5, 0.6) is 11.5 Å². The van der Waals surface area contributed by atoms with Gasteiger partial charge in [0.25, 0.3) is 6.71 Å². The number of hydrogen-bond donors (Lipinski definition) is 0. The van der Waals surface area contributed by atoms with E-state index in [9.17, 15) is 0 Å². The Labute approximate surface area is 604 Å². The fourth-order valence-corrected chi connectivity index (χ4v) is 26.7. The lowest BCUT2D eigenvalue weighted by Crippen LogP contribution is -2.75. The monoisotopic (exact) mass is 1350 g/mol. The highest BCUT2D eigenvalue weighted by molar-refractivity contribution is 7.20. The minimum Gasteiger partial charge on any atom is -0.453 e. The third-order valence-corrected chi connectivity index (χ3v) is 31.1. The van der Waals surface area contributed by atoms with Crippen LogP contribution in [0, 0.1) is 0 Å². The zero-order valence-electron chi connectivity index (χ0n) is 56.6. The number of fused-ring (bicyclic) bond motifs is 6. The zero-order valence-corrected chi connectivity index (χ0v) is 58.6. The number of benzene rings is 16. The SMILES string of the molecule is c1ccc(-c2ccccc2N2c3cc([Si](c4ccccc4)(c4ccccc4)c4ccccc4)ccc3B3c4ccc([Si](c5ccccc5)(c5ccccc5)c5ccccc5)cc4N(c4ccccc4-c4ccccc4)c4cc(-c5cccc(N6c7ccccc7Oc7ccccc76)c5)cc2c43)cc1. The summed E-state index contributed by atoms with van der Waals surface area (Å²) in [7, 11) is -6.32. The van der Waals surface area contributed by atoms with Gasteiger partial charge in [-0.05, 0) is 153 Å². The average Bonchev–Trinajstić information content (AvgIpc) is 0.686. The molecular weight excluding hydrogens is 1280 g/mol. The van der Waals surface area contributed by atoms with E-state index >= 15 is 0 Å². The van der Waals surface area contributed by atoms with Gasteiger partial charge in [0.05, 0.1) is 22.7 Å². The molecule has 0 saturated carbocycles. The van der Waals surface area contributed by atoms with Gasteiger partial charge >= 0.3 is 0 Å². The van der Waals surface area contributed by atoms with Gasteiger partial charge in [0.2, 0.25) is 0 Å². The summed E-state index contributed by atoms with van der Waals surface area (Å²) in [6.45, 7) is -0.248. The summed E-state index contributed by atoms with van der Waals surface area (Å²) >= 11 is 0. The Balaban J connectivity index is 0.965. The van der Waals surface area contributed by atoms with Crippen molar-refractivity contribution in [3.05, 3.63) is 413 Å². The molecule has 0 amide bonds. The van der Waals surface area contributed by atoms with Crippen molar-refractivity contribution in [3.8, 4) is 44.9 Å². The Morgan fingerprint density at radius 3 is 0.903 bits per heavy atom. The quantitative estimate of drug-likeness (QED) is 0.0798. The second-order valence-electron chi connectivity index (χ2n) is 27.0. The second kappa shape index (κ2) is 25.7. The molecule has 0 saturated heterocycles. The normalized spacial score (nSPS) is 12.7. The van der Waals surface area contributed by atoms with E-state index in [2.05, 4.69) is 427 Å². The van der Waals surface area contributed by atoms with E-state index in [1.165, 1.54) is 57.9 Å². The van der Waals surface area contributed by atoms with Crippen molar-refractivity contribution in [1.82, 2.24) is 0 Å². The molecule has 7 heteroatoms. The molecule has 19 rings (SSSR count). The molecule has 0 bridgehead atoms. The molecule has 0 aliphatic carbocycles. The number of para-hydroxylation sites is 6. The van der Waals surface area contributed by atoms with Crippen LogP contribution in [0.1, 0.15) is 0 Å². The molecule has 0 atom stereocenters. The first-order valence-electron chi connectivity index (χ1n) is 35.6. The van der Waals surface area contributed by atoms with E-state index in [4.69, 9.17) is 4.74 Å². The first-order valence-corrected chi connectivity index (χ1v) is 39.6. The summed E-state index contributed by atoms with van der Waals surface area (Å²) in [6.07, 6.45) is 0. The number of hydrogen-bond acceptors (Lipinski definition) is 4. The van der Waals surface area contributed by atoms with Gasteiger partial charge in [-0.1, -0.05) is 340 Å². The smallest absolute Gasteiger partial charge is 0.252 e. The van der Waals surface area contributed by atoms with Gasteiger partial charge in [-0.25, -0.2) is 0 Å². The summed E-state index contributed by atoms with van der Waals surface area (Å²) in [5, 5.41) is 10.5. The minimum atomic E-state index is -3.16. The van der Waals surface area contributed by atoms with Gasteiger partial charge in [-0.2, -0.15) is 0 Å². The molecule has 3 aliphatic rings. The molecular formula is C96H68BN3OSi2. The second-order valence-corrected chi connectivity index (χ2v) is 34.6. The average molecular weight is 1350 g/mol. The summed E-state index contributed by atoms with van der Waals surface area (Å²) in [6, 6.07) is 155. The highest BCUT2D eigenvalue weighted by Gasteiger charge is 2.49. The van der Waals surface area contributed by atoms with Crippen molar-refractivity contribution >= 4 is 132 Å². The van der Waals surface area contributed by atoms with Crippen LogP contribution in [0.25, 0.3) is 33.4 Å². The van der Waals surface area contributed by atoms with Gasteiger partial charge in [0, 0.05) is 39.6 Å². The summed E-state index contributed by atoms with van der Waals surface area (Å²) in [5.41, 5.74) is 20.1. The van der Waals surface area contributed by atoms with Crippen LogP contribution in [-0.2, 0) is 0 Å². The molecule has 0 N–H and O–H groups in total. The van der Waals surface area contributed by atoms with E-state index in [1.807, 2.05) is 0 Å². The molecule has 16 aromatic carbocycles. The number of rotatable bonds is 14. The van der Waals surface area contributed by atoms with E-state index in [0.29, 0.717) is 0 Å². The topological polar surface area (TPSA) is 19.0 Å². The maximum atomic E-state index is 6.66. The van der Waals surface area contributed by atoms with Crippen LogP contribution >= 0.6 is 0 Å². The van der Waals surface area contributed by atoms with E-state index in [-0.39, 0.29) is 6.71 Å². The highest BCUT2D eigenvalue weighted by Crippen LogP contribution is 2.53. The first kappa shape index (κ1) is 61.3. The first-order chi connectivity index (χ1) is 51.1. The molecule has 0 radical (unpaired) electrons. The van der Waals surface area contributed by atoms with Crippen molar-refractivity contribution in [2.45, 2.75) is 0 Å². The fraction of sp³-hybridized carbons (Fsp3) is 0. The van der Waals surface area contributed by atoms with Crippen LogP contribution in [0.4, 0.5) is 51.2 Å². The molecule has 103 heavy (non-hydrogen) atoms. The van der Waals surface area contributed by atoms with E-state index in [0.717, 1.165) is 96.1 Å². The van der Waals surface area contributed by atoms with Crippen molar-refractivity contribution in [2.24, 2.45) is 0 Å². The molecule has 484 valence electrons. The Bertz CT molecular complexity index is 5290. The number of ether oxygens (including phenoxy) is 1. The Morgan fingerprint density at radius 1 is 0.204 bits per heavy atom. The predicted molar refractivity (Wildman–Crippen MR) is 439 cm³/mol. The van der Waals surface area contributed by atoms with Crippen LogP contribution in [0.3, 0.4) is 0 Å². The standard InChI is InChI=1S/C96H68BN3OSi2/c1-9-34-69(35-10-1)82-52-25-27-54-86(82)99-90-67-80(102(74-40-13-3-14-41-74,75-42-15-4-16-43-75)76-44-17-5-18-45-76)60-62-84(90)97-85-63-61-81(103(77-46-19-6-20-47-77,78-48-21-7-22-49-78)79-50-23-8-24-51-79)68-91(85)100(87-55-28-26-53-83(87)70-36-11-2-12-37-70)93-66-72(65-92(99)96(93)97)71-38-33-39-73(64-71)98-88-56-29-31-58-94(88)101-95-59-32-30-57-89(95)98/h1-68H. The maximum Gasteiger partial charge on any atom is 0.252 e. The molecule has 0 spiro atoms. The molecule has 16 aromatic rings. The Kier molecular flexibility index (Phi) is 15.3. The molecule has 0 fully saturated rings. The fourth-order valence-electron chi connectivity index (χ4n) is 17.1. The van der Waals surface area contributed by atoms with Crippen LogP contribution < -0.4 is 77.3 Å². The van der Waals surface area contributed by atoms with Crippen LogP contribution in [0.2, 0.25) is 0 Å². The van der Waals surface area contributed by atoms with Gasteiger partial charge in [-0.3, -0.25) is 0 Å². The highest BCUT2D eigenvalue weighted by atomic mass is 28.3. The lowest BCUT2D eigenvalue weighted by molar-refractivity contribution is 0.477. The van der Waals surface area contributed by atoms with Gasteiger partial charge in [0.15, 0.2) is 27.6 Å². The molecule has 4 nitrogen and oxygen atoms in total. The Hall–Kier alpha value is -12.8. The van der Waals surface area contributed by atoms with Gasteiger partial charge in [-0.15, -0.1) is 0 Å². The zero-order chi connectivity index (χ0) is 68.3. The summed E-state index contributed by atoms with van der Waals surface area (Å²) in [5.74, 6) is 1.62. The lowest BCUT2D eigenvalue weighted by Gasteiger charge is -2.46. The molecule has 3 aliphatic heterocycles. The van der Waals surface area contributed by atoms with Gasteiger partial charge in [0.1, 0.15) is 0 Å². The minimum absolute atomic E-state index is 0.248. The number of nitrogens with zero attached hydrogens (tertiary/aromatic N) is 3. The van der Waals surface area contributed by atoms with Crippen LogP contribution in [0.15, 0.2) is 413 Å². The predicted octanol–water partition coefficient (Wildman–Crippen LogP) is 17.1. The van der Waals surface area contributed by atoms with Gasteiger partial charge < -0.3 is 19.4 Å². The van der Waals surface area contributed by atoms with Crippen molar-refractivity contribution in [2.75, 3.05) is 14.7 Å².